The van der Waals surface area contributed by atoms with Crippen LogP contribution in [-0.2, 0) is 4.74 Å². The van der Waals surface area contributed by atoms with Gasteiger partial charge < -0.3 is 10.5 Å². The van der Waals surface area contributed by atoms with Gasteiger partial charge in [0.2, 0.25) is 0 Å². The molecule has 1 atom stereocenters. The van der Waals surface area contributed by atoms with E-state index < -0.39 is 0 Å². The SMILES string of the molecule is C[C@H]1CC(c2cnc(N)cn2)=CCO1. The molecule has 0 amide bonds. The lowest BCUT2D eigenvalue weighted by molar-refractivity contribution is 0.0850. The number of hydrogen-bond donors (Lipinski definition) is 1. The molecule has 0 saturated heterocycles. The first-order chi connectivity index (χ1) is 6.75. The molecule has 1 aromatic heterocycles. The minimum Gasteiger partial charge on any atom is -0.382 e. The number of hydrogen-bond acceptors (Lipinski definition) is 4. The summed E-state index contributed by atoms with van der Waals surface area (Å²) in [6.45, 7) is 2.71. The number of aromatic nitrogens is 2. The number of rotatable bonds is 1. The van der Waals surface area contributed by atoms with Crippen LogP contribution in [0.3, 0.4) is 0 Å². The van der Waals surface area contributed by atoms with Gasteiger partial charge in [-0.3, -0.25) is 4.98 Å². The van der Waals surface area contributed by atoms with Gasteiger partial charge in [-0.1, -0.05) is 6.08 Å². The van der Waals surface area contributed by atoms with Crippen LogP contribution in [0.25, 0.3) is 5.57 Å². The lowest BCUT2D eigenvalue weighted by atomic mass is 10.0. The predicted octanol–water partition coefficient (Wildman–Crippen LogP) is 1.25. The molecule has 2 rings (SSSR count). The summed E-state index contributed by atoms with van der Waals surface area (Å²) in [6.07, 6.45) is 6.48. The van der Waals surface area contributed by atoms with E-state index in [1.165, 1.54) is 5.57 Å². The highest BCUT2D eigenvalue weighted by Gasteiger charge is 2.13. The molecule has 0 radical (unpaired) electrons. The minimum absolute atomic E-state index is 0.259. The maximum Gasteiger partial charge on any atom is 0.141 e. The van der Waals surface area contributed by atoms with Gasteiger partial charge in [-0.15, -0.1) is 0 Å². The van der Waals surface area contributed by atoms with Crippen molar-refractivity contribution in [1.82, 2.24) is 9.97 Å². The maximum absolute atomic E-state index is 5.47. The Bertz CT molecular complexity index is 345. The molecular formula is C10H13N3O. The number of nitrogens with two attached hydrogens (primary N) is 1. The molecule has 2 N–H and O–H groups in total. The molecule has 4 nitrogen and oxygen atoms in total. The molecule has 0 aliphatic carbocycles. The molecular weight excluding hydrogens is 178 g/mol. The third-order valence-electron chi connectivity index (χ3n) is 2.22. The van der Waals surface area contributed by atoms with Gasteiger partial charge in [0.1, 0.15) is 5.82 Å². The Kier molecular flexibility index (Phi) is 2.45. The van der Waals surface area contributed by atoms with Gasteiger partial charge in [-0.05, 0) is 12.5 Å². The Morgan fingerprint density at radius 3 is 2.93 bits per heavy atom. The third kappa shape index (κ3) is 1.90. The van der Waals surface area contributed by atoms with Crippen molar-refractivity contribution in [1.29, 1.82) is 0 Å². The van der Waals surface area contributed by atoms with Gasteiger partial charge in [0.15, 0.2) is 0 Å². The number of ether oxygens (including phenoxy) is 1. The first kappa shape index (κ1) is 9.15. The number of nitrogens with zero attached hydrogens (tertiary/aromatic N) is 2. The van der Waals surface area contributed by atoms with Crippen molar-refractivity contribution in [2.24, 2.45) is 0 Å². The fourth-order valence-corrected chi connectivity index (χ4v) is 1.48. The Balaban J connectivity index is 2.22. The van der Waals surface area contributed by atoms with Gasteiger partial charge >= 0.3 is 0 Å². The van der Waals surface area contributed by atoms with Crippen molar-refractivity contribution >= 4 is 11.4 Å². The van der Waals surface area contributed by atoms with E-state index in [-0.39, 0.29) is 6.10 Å². The van der Waals surface area contributed by atoms with Gasteiger partial charge in [0.25, 0.3) is 0 Å². The Morgan fingerprint density at radius 2 is 2.29 bits per heavy atom. The van der Waals surface area contributed by atoms with Crippen molar-refractivity contribution in [3.05, 3.63) is 24.2 Å². The van der Waals surface area contributed by atoms with Crippen LogP contribution in [0.15, 0.2) is 18.5 Å². The van der Waals surface area contributed by atoms with Gasteiger partial charge in [0, 0.05) is 6.42 Å². The van der Waals surface area contributed by atoms with Crippen LogP contribution in [0.4, 0.5) is 5.82 Å². The van der Waals surface area contributed by atoms with E-state index in [0.717, 1.165) is 12.1 Å². The zero-order valence-electron chi connectivity index (χ0n) is 8.10. The molecule has 74 valence electrons. The summed E-state index contributed by atoms with van der Waals surface area (Å²) in [4.78, 5) is 8.24. The second-order valence-corrected chi connectivity index (χ2v) is 3.40. The average molecular weight is 191 g/mol. The molecule has 1 aliphatic heterocycles. The third-order valence-corrected chi connectivity index (χ3v) is 2.22. The second kappa shape index (κ2) is 3.75. The minimum atomic E-state index is 0.259. The fourth-order valence-electron chi connectivity index (χ4n) is 1.48. The zero-order valence-corrected chi connectivity index (χ0v) is 8.10. The first-order valence-corrected chi connectivity index (χ1v) is 4.64. The van der Waals surface area contributed by atoms with Crippen molar-refractivity contribution in [2.75, 3.05) is 12.3 Å². The Morgan fingerprint density at radius 1 is 1.43 bits per heavy atom. The average Bonchev–Trinajstić information content (AvgIpc) is 2.19. The largest absolute Gasteiger partial charge is 0.382 e. The van der Waals surface area contributed by atoms with Crippen molar-refractivity contribution < 1.29 is 4.74 Å². The van der Waals surface area contributed by atoms with Crippen molar-refractivity contribution in [3.8, 4) is 0 Å². The summed E-state index contributed by atoms with van der Waals surface area (Å²) < 4.78 is 5.40. The van der Waals surface area contributed by atoms with E-state index in [4.69, 9.17) is 10.5 Å². The van der Waals surface area contributed by atoms with Crippen molar-refractivity contribution in [3.63, 3.8) is 0 Å². The molecule has 1 aromatic rings. The summed E-state index contributed by atoms with van der Waals surface area (Å²) in [6, 6.07) is 0. The van der Waals surface area contributed by atoms with E-state index in [1.807, 2.05) is 6.08 Å². The molecule has 0 fully saturated rings. The summed E-state index contributed by atoms with van der Waals surface area (Å²) >= 11 is 0. The smallest absolute Gasteiger partial charge is 0.141 e. The summed E-state index contributed by atoms with van der Waals surface area (Å²) in [5.41, 5.74) is 7.55. The molecule has 0 aromatic carbocycles. The van der Waals surface area contributed by atoms with Crippen LogP contribution in [0.1, 0.15) is 19.0 Å². The van der Waals surface area contributed by atoms with Crippen LogP contribution >= 0.6 is 0 Å². The van der Waals surface area contributed by atoms with E-state index in [1.54, 1.807) is 12.4 Å². The quantitative estimate of drug-likeness (QED) is 0.725. The van der Waals surface area contributed by atoms with Gasteiger partial charge in [-0.2, -0.15) is 0 Å². The van der Waals surface area contributed by atoms with Crippen LogP contribution in [0.5, 0.6) is 0 Å². The molecule has 4 heteroatoms. The lowest BCUT2D eigenvalue weighted by Gasteiger charge is -2.19. The molecule has 0 saturated carbocycles. The topological polar surface area (TPSA) is 61.0 Å². The molecule has 0 unspecified atom stereocenters. The predicted molar refractivity (Wildman–Crippen MR) is 54.5 cm³/mol. The monoisotopic (exact) mass is 191 g/mol. The van der Waals surface area contributed by atoms with Crippen LogP contribution in [-0.4, -0.2) is 22.7 Å². The van der Waals surface area contributed by atoms with Crippen LogP contribution < -0.4 is 5.73 Å². The van der Waals surface area contributed by atoms with E-state index >= 15 is 0 Å². The van der Waals surface area contributed by atoms with Crippen LogP contribution in [0, 0.1) is 0 Å². The second-order valence-electron chi connectivity index (χ2n) is 3.40. The lowest BCUT2D eigenvalue weighted by Crippen LogP contribution is -2.14. The standard InChI is InChI=1S/C10H13N3O/c1-7-4-8(2-3-14-7)9-5-13-10(11)6-12-9/h2,5-7H,3-4H2,1H3,(H2,11,13)/t7-/m0/s1. The van der Waals surface area contributed by atoms with E-state index in [2.05, 4.69) is 16.9 Å². The normalized spacial score (nSPS) is 21.8. The van der Waals surface area contributed by atoms with E-state index in [0.29, 0.717) is 12.4 Å². The summed E-state index contributed by atoms with van der Waals surface area (Å²) in [5.74, 6) is 0.453. The summed E-state index contributed by atoms with van der Waals surface area (Å²) in [7, 11) is 0. The molecule has 0 bridgehead atoms. The van der Waals surface area contributed by atoms with Crippen molar-refractivity contribution in [2.45, 2.75) is 19.4 Å². The first-order valence-electron chi connectivity index (χ1n) is 4.64. The van der Waals surface area contributed by atoms with Gasteiger partial charge in [-0.25, -0.2) is 4.98 Å². The Hall–Kier alpha value is -1.42. The van der Waals surface area contributed by atoms with Gasteiger partial charge in [0.05, 0.1) is 30.8 Å². The molecule has 1 aliphatic rings. The zero-order chi connectivity index (χ0) is 9.97. The highest BCUT2D eigenvalue weighted by atomic mass is 16.5. The molecule has 14 heavy (non-hydrogen) atoms. The fraction of sp³-hybridized carbons (Fsp3) is 0.400. The maximum atomic E-state index is 5.47. The number of nitrogen functional groups attached to an aromatic ring is 1. The summed E-state index contributed by atoms with van der Waals surface area (Å²) in [5, 5.41) is 0. The van der Waals surface area contributed by atoms with Crippen LogP contribution in [0.2, 0.25) is 0 Å². The highest BCUT2D eigenvalue weighted by molar-refractivity contribution is 5.63. The molecule has 2 heterocycles. The highest BCUT2D eigenvalue weighted by Crippen LogP contribution is 2.22. The van der Waals surface area contributed by atoms with E-state index in [9.17, 15) is 0 Å². The Labute approximate surface area is 82.8 Å². The number of anilines is 1. The molecule has 0 spiro atoms.